The first-order chi connectivity index (χ1) is 14.7. The quantitative estimate of drug-likeness (QED) is 0.482. The number of ether oxygens (including phenoxy) is 1. The van der Waals surface area contributed by atoms with E-state index in [-0.39, 0.29) is 4.90 Å². The molecule has 0 spiro atoms. The smallest absolute Gasteiger partial charge is 0.279 e. The van der Waals surface area contributed by atoms with Gasteiger partial charge in [-0.15, -0.1) is 0 Å². The average Bonchev–Trinajstić information content (AvgIpc) is 3.08. The number of amides is 1. The van der Waals surface area contributed by atoms with Gasteiger partial charge in [-0.2, -0.15) is 4.99 Å². The van der Waals surface area contributed by atoms with Crippen LogP contribution in [0.15, 0.2) is 46.3 Å². The third kappa shape index (κ3) is 4.91. The molecule has 7 nitrogen and oxygen atoms in total. The Balaban J connectivity index is 2.04. The van der Waals surface area contributed by atoms with E-state index in [4.69, 9.17) is 16.3 Å². The second kappa shape index (κ2) is 9.62. The predicted molar refractivity (Wildman–Crippen MR) is 123 cm³/mol. The van der Waals surface area contributed by atoms with Crippen molar-refractivity contribution in [3.05, 3.63) is 57.3 Å². The van der Waals surface area contributed by atoms with Crippen molar-refractivity contribution in [2.75, 3.05) is 27.3 Å². The topological polar surface area (TPSA) is 81.0 Å². The molecule has 2 aromatic carbocycles. The Morgan fingerprint density at radius 3 is 2.48 bits per heavy atom. The van der Waals surface area contributed by atoms with E-state index >= 15 is 0 Å². The van der Waals surface area contributed by atoms with Crippen LogP contribution in [0.2, 0.25) is 5.02 Å². The lowest BCUT2D eigenvalue weighted by atomic mass is 10.2. The minimum absolute atomic E-state index is 0.118. The fourth-order valence-electron chi connectivity index (χ4n) is 3.04. The summed E-state index contributed by atoms with van der Waals surface area (Å²) in [5.74, 6) is -0.450. The van der Waals surface area contributed by atoms with Crippen LogP contribution >= 0.6 is 22.9 Å². The maximum Gasteiger partial charge on any atom is 0.279 e. The minimum Gasteiger partial charge on any atom is -0.380 e. The number of nitrogens with zero attached hydrogens (tertiary/aromatic N) is 3. The number of benzene rings is 2. The van der Waals surface area contributed by atoms with Crippen LogP contribution in [-0.4, -0.2) is 50.5 Å². The van der Waals surface area contributed by atoms with Gasteiger partial charge < -0.3 is 9.30 Å². The SMILES string of the molecule is CCOCCn1c(=NC(=O)c2ccc(S(=O)(=O)N(C)C)cc2)sc2ccc(Cl)c(C)c21. The third-order valence-electron chi connectivity index (χ3n) is 4.77. The first-order valence-corrected chi connectivity index (χ1v) is 12.3. The van der Waals surface area contributed by atoms with Crippen LogP contribution in [0.3, 0.4) is 0 Å². The minimum atomic E-state index is -3.56. The molecule has 0 saturated heterocycles. The van der Waals surface area contributed by atoms with Gasteiger partial charge in [0.1, 0.15) is 0 Å². The predicted octanol–water partition coefficient (Wildman–Crippen LogP) is 3.69. The molecule has 31 heavy (non-hydrogen) atoms. The van der Waals surface area contributed by atoms with Crippen molar-refractivity contribution in [1.82, 2.24) is 8.87 Å². The number of thiazole rings is 1. The van der Waals surface area contributed by atoms with Gasteiger partial charge in [0.15, 0.2) is 4.80 Å². The molecule has 0 radical (unpaired) electrons. The van der Waals surface area contributed by atoms with E-state index in [0.29, 0.717) is 35.1 Å². The van der Waals surface area contributed by atoms with Crippen molar-refractivity contribution >= 4 is 49.1 Å². The van der Waals surface area contributed by atoms with Crippen molar-refractivity contribution in [3.63, 3.8) is 0 Å². The highest BCUT2D eigenvalue weighted by Gasteiger charge is 2.18. The summed E-state index contributed by atoms with van der Waals surface area (Å²) in [7, 11) is -0.643. The summed E-state index contributed by atoms with van der Waals surface area (Å²) in [5, 5.41) is 0.644. The Labute approximate surface area is 190 Å². The maximum absolute atomic E-state index is 12.8. The fraction of sp³-hybridized carbons (Fsp3) is 0.333. The van der Waals surface area contributed by atoms with Gasteiger partial charge in [-0.1, -0.05) is 22.9 Å². The number of halogens is 1. The van der Waals surface area contributed by atoms with E-state index in [1.54, 1.807) is 0 Å². The molecule has 1 heterocycles. The van der Waals surface area contributed by atoms with Crippen LogP contribution in [-0.2, 0) is 21.3 Å². The molecule has 0 N–H and O–H groups in total. The number of carbonyl (C=O) groups is 1. The Morgan fingerprint density at radius 2 is 1.87 bits per heavy atom. The van der Waals surface area contributed by atoms with Gasteiger partial charge >= 0.3 is 0 Å². The first kappa shape index (κ1) is 23.6. The normalized spacial score (nSPS) is 12.8. The summed E-state index contributed by atoms with van der Waals surface area (Å²) in [6.07, 6.45) is 0. The van der Waals surface area contributed by atoms with E-state index < -0.39 is 15.9 Å². The summed E-state index contributed by atoms with van der Waals surface area (Å²) in [6.45, 7) is 5.46. The number of aromatic nitrogens is 1. The highest BCUT2D eigenvalue weighted by atomic mass is 35.5. The first-order valence-electron chi connectivity index (χ1n) is 9.64. The highest BCUT2D eigenvalue weighted by molar-refractivity contribution is 7.89. The Kier molecular flexibility index (Phi) is 7.33. The number of sulfonamides is 1. The lowest BCUT2D eigenvalue weighted by Gasteiger charge is -2.11. The Morgan fingerprint density at radius 1 is 1.19 bits per heavy atom. The van der Waals surface area contributed by atoms with Gasteiger partial charge in [0.25, 0.3) is 5.91 Å². The molecule has 166 valence electrons. The van der Waals surface area contributed by atoms with Crippen LogP contribution in [0.25, 0.3) is 10.2 Å². The summed E-state index contributed by atoms with van der Waals surface area (Å²) < 4.78 is 34.0. The maximum atomic E-state index is 12.8. The second-order valence-corrected chi connectivity index (χ2v) is 10.5. The fourth-order valence-corrected chi connectivity index (χ4v) is 5.21. The van der Waals surface area contributed by atoms with Crippen LogP contribution < -0.4 is 4.80 Å². The van der Waals surface area contributed by atoms with E-state index in [1.807, 2.05) is 30.5 Å². The molecular weight excluding hydrogens is 458 g/mol. The largest absolute Gasteiger partial charge is 0.380 e. The van der Waals surface area contributed by atoms with E-state index in [2.05, 4.69) is 4.99 Å². The van der Waals surface area contributed by atoms with Crippen molar-refractivity contribution in [2.24, 2.45) is 4.99 Å². The number of rotatable bonds is 7. The summed E-state index contributed by atoms with van der Waals surface area (Å²) >= 11 is 7.71. The van der Waals surface area contributed by atoms with E-state index in [0.717, 1.165) is 20.1 Å². The molecule has 0 saturated carbocycles. The summed E-state index contributed by atoms with van der Waals surface area (Å²) in [4.78, 5) is 17.8. The van der Waals surface area contributed by atoms with Crippen molar-refractivity contribution in [3.8, 4) is 0 Å². The zero-order valence-electron chi connectivity index (χ0n) is 17.8. The third-order valence-corrected chi connectivity index (χ3v) is 8.05. The Bertz CT molecular complexity index is 1280. The lowest BCUT2D eigenvalue weighted by molar-refractivity contribution is 0.0996. The van der Waals surface area contributed by atoms with Crippen LogP contribution in [0.5, 0.6) is 0 Å². The molecule has 3 aromatic rings. The van der Waals surface area contributed by atoms with Crippen LogP contribution in [0, 0.1) is 6.92 Å². The number of fused-ring (bicyclic) bond motifs is 1. The van der Waals surface area contributed by atoms with E-state index in [1.165, 1.54) is 49.7 Å². The van der Waals surface area contributed by atoms with Gasteiger partial charge in [0.2, 0.25) is 10.0 Å². The molecule has 0 aliphatic carbocycles. The van der Waals surface area contributed by atoms with Gasteiger partial charge in [0.05, 0.1) is 21.7 Å². The standard InChI is InChI=1S/C21H24ClN3O4S2/c1-5-29-13-12-25-19-14(2)17(22)10-11-18(19)30-21(25)23-20(26)15-6-8-16(9-7-15)31(27,28)24(3)4/h6-11H,5,12-13H2,1-4H3. The lowest BCUT2D eigenvalue weighted by Crippen LogP contribution is -2.22. The molecule has 1 amide bonds. The number of aryl methyl sites for hydroxylation is 1. The van der Waals surface area contributed by atoms with Crippen LogP contribution in [0.4, 0.5) is 0 Å². The molecule has 0 fully saturated rings. The molecule has 0 aliphatic heterocycles. The number of hydrogen-bond donors (Lipinski definition) is 0. The van der Waals surface area contributed by atoms with Crippen molar-refractivity contribution in [1.29, 1.82) is 0 Å². The van der Waals surface area contributed by atoms with E-state index in [9.17, 15) is 13.2 Å². The van der Waals surface area contributed by atoms with Gasteiger partial charge in [0, 0.05) is 37.8 Å². The summed E-state index contributed by atoms with van der Waals surface area (Å²) in [6, 6.07) is 9.52. The molecular formula is C21H24ClN3O4S2. The second-order valence-electron chi connectivity index (χ2n) is 6.98. The van der Waals surface area contributed by atoms with Crippen molar-refractivity contribution < 1.29 is 17.9 Å². The molecule has 0 unspecified atom stereocenters. The van der Waals surface area contributed by atoms with Crippen molar-refractivity contribution in [2.45, 2.75) is 25.3 Å². The van der Waals surface area contributed by atoms with Gasteiger partial charge in [-0.3, -0.25) is 4.79 Å². The zero-order chi connectivity index (χ0) is 22.8. The monoisotopic (exact) mass is 481 g/mol. The molecule has 0 bridgehead atoms. The molecule has 3 rings (SSSR count). The Hall–Kier alpha value is -2.04. The molecule has 0 atom stereocenters. The molecule has 0 aliphatic rings. The van der Waals surface area contributed by atoms with Crippen LogP contribution in [0.1, 0.15) is 22.8 Å². The molecule has 10 heteroatoms. The average molecular weight is 482 g/mol. The number of carbonyl (C=O) groups excluding carboxylic acids is 1. The van der Waals surface area contributed by atoms with Gasteiger partial charge in [-0.05, 0) is 55.8 Å². The molecule has 1 aromatic heterocycles. The zero-order valence-corrected chi connectivity index (χ0v) is 20.1. The number of hydrogen-bond acceptors (Lipinski definition) is 5. The van der Waals surface area contributed by atoms with Gasteiger partial charge in [-0.25, -0.2) is 12.7 Å². The highest BCUT2D eigenvalue weighted by Crippen LogP contribution is 2.27. The summed E-state index contributed by atoms with van der Waals surface area (Å²) in [5.41, 5.74) is 2.15.